The Morgan fingerprint density at radius 1 is 1.36 bits per heavy atom. The van der Waals surface area contributed by atoms with Gasteiger partial charge >= 0.3 is 5.76 Å². The zero-order chi connectivity index (χ0) is 18.0. The van der Waals surface area contributed by atoms with Crippen LogP contribution in [0.1, 0.15) is 5.56 Å². The van der Waals surface area contributed by atoms with E-state index in [9.17, 15) is 14.0 Å². The highest BCUT2D eigenvalue weighted by Gasteiger charge is 2.18. The SMILES string of the molecule is CN(Cc1c(F)cccc1Cl)C(=O)Cn1nc(-c2ccco2)oc1=O. The summed E-state index contributed by atoms with van der Waals surface area (Å²) in [7, 11) is 1.48. The second-order valence-electron chi connectivity index (χ2n) is 5.26. The lowest BCUT2D eigenvalue weighted by atomic mass is 10.2. The maximum absolute atomic E-state index is 13.8. The van der Waals surface area contributed by atoms with Crippen molar-refractivity contribution in [1.29, 1.82) is 0 Å². The third kappa shape index (κ3) is 3.63. The second kappa shape index (κ2) is 6.94. The largest absolute Gasteiger partial charge is 0.459 e. The van der Waals surface area contributed by atoms with Crippen molar-refractivity contribution in [3.8, 4) is 11.7 Å². The van der Waals surface area contributed by atoms with Gasteiger partial charge in [-0.1, -0.05) is 17.7 Å². The van der Waals surface area contributed by atoms with Crippen LogP contribution >= 0.6 is 11.6 Å². The molecule has 1 amide bonds. The highest BCUT2D eigenvalue weighted by molar-refractivity contribution is 6.31. The Balaban J connectivity index is 1.73. The summed E-state index contributed by atoms with van der Waals surface area (Å²) in [5.41, 5.74) is 0.198. The average Bonchev–Trinajstić information content (AvgIpc) is 3.21. The van der Waals surface area contributed by atoms with Crippen molar-refractivity contribution in [1.82, 2.24) is 14.7 Å². The van der Waals surface area contributed by atoms with Crippen LogP contribution in [0.4, 0.5) is 4.39 Å². The highest BCUT2D eigenvalue weighted by atomic mass is 35.5. The number of amides is 1. The smallest absolute Gasteiger partial charge is 0.437 e. The molecule has 3 rings (SSSR count). The summed E-state index contributed by atoms with van der Waals surface area (Å²) in [6, 6.07) is 7.47. The fourth-order valence-electron chi connectivity index (χ4n) is 2.16. The zero-order valence-corrected chi connectivity index (χ0v) is 13.9. The van der Waals surface area contributed by atoms with Gasteiger partial charge in [-0.05, 0) is 24.3 Å². The standard InChI is InChI=1S/C16H13ClFN3O4/c1-20(8-10-11(17)4-2-5-12(10)18)14(22)9-21-16(23)25-15(19-21)13-6-3-7-24-13/h2-7H,8-9H2,1H3. The molecule has 0 fully saturated rings. The van der Waals surface area contributed by atoms with E-state index < -0.39 is 17.5 Å². The highest BCUT2D eigenvalue weighted by Crippen LogP contribution is 2.20. The number of likely N-dealkylation sites (N-methyl/N-ethyl adjacent to an activating group) is 1. The molecule has 0 radical (unpaired) electrons. The van der Waals surface area contributed by atoms with E-state index in [1.165, 1.54) is 36.4 Å². The summed E-state index contributed by atoms with van der Waals surface area (Å²) in [5.74, 6) is -1.51. The van der Waals surface area contributed by atoms with Gasteiger partial charge in [0.25, 0.3) is 5.89 Å². The maximum Gasteiger partial charge on any atom is 0.437 e. The summed E-state index contributed by atoms with van der Waals surface area (Å²) < 4.78 is 24.7. The molecule has 0 atom stereocenters. The van der Waals surface area contributed by atoms with Crippen molar-refractivity contribution in [2.75, 3.05) is 7.05 Å². The Labute approximate surface area is 146 Å². The van der Waals surface area contributed by atoms with Crippen molar-refractivity contribution in [2.24, 2.45) is 0 Å². The number of carbonyl (C=O) groups excluding carboxylic acids is 1. The van der Waals surface area contributed by atoms with E-state index in [2.05, 4.69) is 5.10 Å². The molecule has 3 aromatic rings. The van der Waals surface area contributed by atoms with Crippen molar-refractivity contribution in [3.63, 3.8) is 0 Å². The summed E-state index contributed by atoms with van der Waals surface area (Å²) in [5, 5.41) is 4.13. The maximum atomic E-state index is 13.8. The van der Waals surface area contributed by atoms with Crippen LogP contribution in [-0.2, 0) is 17.9 Å². The molecule has 2 heterocycles. The van der Waals surface area contributed by atoms with Crippen LogP contribution in [0.15, 0.2) is 50.2 Å². The molecular formula is C16H13ClFN3O4. The molecule has 0 saturated heterocycles. The number of halogens is 2. The van der Waals surface area contributed by atoms with Crippen LogP contribution in [0, 0.1) is 5.82 Å². The number of hydrogen-bond acceptors (Lipinski definition) is 5. The van der Waals surface area contributed by atoms with Crippen molar-refractivity contribution in [2.45, 2.75) is 13.1 Å². The minimum absolute atomic E-state index is 0.0254. The molecule has 130 valence electrons. The molecular weight excluding hydrogens is 353 g/mol. The minimum Gasteiger partial charge on any atom is -0.459 e. The molecule has 7 nitrogen and oxygen atoms in total. The van der Waals surface area contributed by atoms with E-state index in [1.807, 2.05) is 0 Å². The Hall–Kier alpha value is -2.87. The topological polar surface area (TPSA) is 81.5 Å². The molecule has 0 N–H and O–H groups in total. The van der Waals surface area contributed by atoms with E-state index in [4.69, 9.17) is 20.4 Å². The van der Waals surface area contributed by atoms with Crippen LogP contribution in [-0.4, -0.2) is 27.6 Å². The van der Waals surface area contributed by atoms with Crippen LogP contribution < -0.4 is 5.76 Å². The first-order valence-corrected chi connectivity index (χ1v) is 7.62. The Bertz CT molecular complexity index is 928. The number of aromatic nitrogens is 2. The van der Waals surface area contributed by atoms with E-state index in [-0.39, 0.29) is 35.3 Å². The van der Waals surface area contributed by atoms with Gasteiger partial charge in [-0.25, -0.2) is 9.18 Å². The molecule has 0 unspecified atom stereocenters. The van der Waals surface area contributed by atoms with E-state index in [0.717, 1.165) is 4.68 Å². The van der Waals surface area contributed by atoms with Gasteiger partial charge in [-0.3, -0.25) is 4.79 Å². The zero-order valence-electron chi connectivity index (χ0n) is 13.1. The lowest BCUT2D eigenvalue weighted by Gasteiger charge is -2.18. The molecule has 0 bridgehead atoms. The quantitative estimate of drug-likeness (QED) is 0.694. The van der Waals surface area contributed by atoms with Gasteiger partial charge in [0.1, 0.15) is 12.4 Å². The van der Waals surface area contributed by atoms with Gasteiger partial charge in [-0.15, -0.1) is 5.10 Å². The summed E-state index contributed by atoms with van der Waals surface area (Å²) >= 11 is 5.95. The third-order valence-electron chi connectivity index (χ3n) is 3.51. The lowest BCUT2D eigenvalue weighted by Crippen LogP contribution is -2.33. The lowest BCUT2D eigenvalue weighted by molar-refractivity contribution is -0.131. The monoisotopic (exact) mass is 365 g/mol. The fraction of sp³-hybridized carbons (Fsp3) is 0.188. The third-order valence-corrected chi connectivity index (χ3v) is 3.86. The molecule has 9 heteroatoms. The van der Waals surface area contributed by atoms with Gasteiger partial charge in [0.15, 0.2) is 5.76 Å². The first-order valence-electron chi connectivity index (χ1n) is 7.24. The molecule has 0 aliphatic heterocycles. The summed E-state index contributed by atoms with van der Waals surface area (Å²) in [6.07, 6.45) is 1.41. The molecule has 25 heavy (non-hydrogen) atoms. The fourth-order valence-corrected chi connectivity index (χ4v) is 2.39. The number of carbonyl (C=O) groups is 1. The molecule has 0 aliphatic rings. The second-order valence-corrected chi connectivity index (χ2v) is 5.67. The Morgan fingerprint density at radius 2 is 2.16 bits per heavy atom. The van der Waals surface area contributed by atoms with Crippen molar-refractivity contribution in [3.05, 3.63) is 63.5 Å². The van der Waals surface area contributed by atoms with Gasteiger partial charge in [0.05, 0.1) is 6.26 Å². The minimum atomic E-state index is -0.794. The van der Waals surface area contributed by atoms with E-state index >= 15 is 0 Å². The Morgan fingerprint density at radius 3 is 2.84 bits per heavy atom. The van der Waals surface area contributed by atoms with Crippen LogP contribution in [0.3, 0.4) is 0 Å². The van der Waals surface area contributed by atoms with Crippen LogP contribution in [0.2, 0.25) is 5.02 Å². The first-order chi connectivity index (χ1) is 12.0. The van der Waals surface area contributed by atoms with Crippen molar-refractivity contribution < 1.29 is 18.0 Å². The number of rotatable bonds is 5. The molecule has 0 spiro atoms. The predicted molar refractivity (Wildman–Crippen MR) is 86.3 cm³/mol. The van der Waals surface area contributed by atoms with E-state index in [1.54, 1.807) is 12.1 Å². The van der Waals surface area contributed by atoms with Crippen LogP contribution in [0.25, 0.3) is 11.7 Å². The predicted octanol–water partition coefficient (Wildman–Crippen LogP) is 2.55. The van der Waals surface area contributed by atoms with Gasteiger partial charge < -0.3 is 13.7 Å². The average molecular weight is 366 g/mol. The number of benzene rings is 1. The van der Waals surface area contributed by atoms with Gasteiger partial charge in [-0.2, -0.15) is 4.68 Å². The summed E-state index contributed by atoms with van der Waals surface area (Å²) in [4.78, 5) is 25.3. The van der Waals surface area contributed by atoms with Gasteiger partial charge in [0, 0.05) is 24.2 Å². The molecule has 1 aromatic carbocycles. The molecule has 2 aromatic heterocycles. The first kappa shape index (κ1) is 17.0. The normalized spacial score (nSPS) is 10.8. The van der Waals surface area contributed by atoms with E-state index in [0.29, 0.717) is 0 Å². The van der Waals surface area contributed by atoms with Gasteiger partial charge in [0.2, 0.25) is 5.91 Å². The Kier molecular flexibility index (Phi) is 4.71. The number of furan rings is 1. The van der Waals surface area contributed by atoms with Crippen molar-refractivity contribution >= 4 is 17.5 Å². The number of nitrogens with zero attached hydrogens (tertiary/aromatic N) is 3. The molecule has 0 aliphatic carbocycles. The number of hydrogen-bond donors (Lipinski definition) is 0. The molecule has 0 saturated carbocycles. The summed E-state index contributed by atoms with van der Waals surface area (Å²) in [6.45, 7) is -0.395. The van der Waals surface area contributed by atoms with Crippen LogP contribution in [0.5, 0.6) is 0 Å².